The summed E-state index contributed by atoms with van der Waals surface area (Å²) in [6.07, 6.45) is 1.63. The number of ketones is 1. The third-order valence-corrected chi connectivity index (χ3v) is 7.57. The number of nitriles is 1. The van der Waals surface area contributed by atoms with Crippen LogP contribution in [-0.4, -0.2) is 30.2 Å². The summed E-state index contributed by atoms with van der Waals surface area (Å²) in [6, 6.07) is 11.8. The number of carbonyl (C=O) groups is 2. The first-order valence-electron chi connectivity index (χ1n) is 11.9. The number of Topliss-reactive ketones (excluding diaryl/α,β-unsaturated/α-hetero) is 1. The van der Waals surface area contributed by atoms with Crippen LogP contribution < -0.4 is 10.1 Å². The Labute approximate surface area is 214 Å². The van der Waals surface area contributed by atoms with E-state index < -0.39 is 6.09 Å². The Morgan fingerprint density at radius 3 is 2.92 bits per heavy atom. The quantitative estimate of drug-likeness (QED) is 0.433. The van der Waals surface area contributed by atoms with Crippen LogP contribution in [0.3, 0.4) is 0 Å². The number of carbonyl (C=O) groups excluding carboxylic acids is 2. The second-order valence-corrected chi connectivity index (χ2v) is 10.3. The number of rotatable bonds is 9. The number of aromatic nitrogens is 1. The molecule has 2 aromatic heterocycles. The Morgan fingerprint density at radius 2 is 2.19 bits per heavy atom. The van der Waals surface area contributed by atoms with Gasteiger partial charge in [0, 0.05) is 35.1 Å². The molecule has 9 heteroatoms. The molecule has 2 atom stereocenters. The van der Waals surface area contributed by atoms with Crippen molar-refractivity contribution in [1.82, 2.24) is 10.5 Å². The van der Waals surface area contributed by atoms with E-state index in [1.807, 2.05) is 38.1 Å². The Morgan fingerprint density at radius 1 is 1.36 bits per heavy atom. The van der Waals surface area contributed by atoms with Gasteiger partial charge in [0.05, 0.1) is 24.9 Å². The molecule has 1 aromatic carbocycles. The van der Waals surface area contributed by atoms with E-state index in [-0.39, 0.29) is 30.8 Å². The van der Waals surface area contributed by atoms with Gasteiger partial charge < -0.3 is 19.3 Å². The number of aryl methyl sites for hydroxylation is 1. The van der Waals surface area contributed by atoms with Crippen molar-refractivity contribution < 1.29 is 23.6 Å². The second-order valence-electron chi connectivity index (χ2n) is 9.07. The number of nitrogens with zero attached hydrogens (tertiary/aromatic N) is 2. The summed E-state index contributed by atoms with van der Waals surface area (Å²) in [7, 11) is 1.62. The molecule has 0 saturated heterocycles. The van der Waals surface area contributed by atoms with Crippen molar-refractivity contribution in [3.05, 3.63) is 68.2 Å². The van der Waals surface area contributed by atoms with Crippen molar-refractivity contribution in [2.45, 2.75) is 64.5 Å². The van der Waals surface area contributed by atoms with Gasteiger partial charge >= 0.3 is 6.09 Å². The van der Waals surface area contributed by atoms with Crippen LogP contribution in [0.25, 0.3) is 0 Å². The molecule has 0 aliphatic heterocycles. The molecule has 0 bridgehead atoms. The molecule has 2 heterocycles. The van der Waals surface area contributed by atoms with Crippen molar-refractivity contribution in [1.29, 1.82) is 5.26 Å². The van der Waals surface area contributed by atoms with E-state index in [1.165, 1.54) is 11.3 Å². The van der Waals surface area contributed by atoms with Gasteiger partial charge in [-0.1, -0.05) is 24.2 Å². The lowest BCUT2D eigenvalue weighted by molar-refractivity contribution is -0.118. The molecule has 3 aromatic rings. The maximum atomic E-state index is 12.9. The molecule has 36 heavy (non-hydrogen) atoms. The highest BCUT2D eigenvalue weighted by atomic mass is 32.1. The number of fused-ring (bicyclic) bond motifs is 1. The van der Waals surface area contributed by atoms with Crippen LogP contribution in [0.4, 0.5) is 4.79 Å². The minimum Gasteiger partial charge on any atom is -0.497 e. The topological polar surface area (TPSA) is 114 Å². The monoisotopic (exact) mass is 507 g/mol. The fourth-order valence-corrected chi connectivity index (χ4v) is 5.88. The van der Waals surface area contributed by atoms with Gasteiger partial charge in [-0.15, -0.1) is 11.3 Å². The van der Waals surface area contributed by atoms with Crippen LogP contribution in [0.5, 0.6) is 5.75 Å². The lowest BCUT2D eigenvalue weighted by atomic mass is 9.91. The van der Waals surface area contributed by atoms with Crippen molar-refractivity contribution >= 4 is 23.2 Å². The highest BCUT2D eigenvalue weighted by molar-refractivity contribution is 7.12. The maximum absolute atomic E-state index is 12.9. The first kappa shape index (κ1) is 25.5. The standard InChI is InChI=1S/C27H29N3O5S/c1-16(18-5-4-6-20(11-18)33-3)9-19(31)12-25-24(14-28)23-8-7-21(13-26(23)36-25)34-27(32)29-15-22-10-17(2)30-35-22/h4-6,10-11,16,21H,7-9,12-13,15H2,1-3H3,(H,29,32). The van der Waals surface area contributed by atoms with Crippen LogP contribution in [0.2, 0.25) is 0 Å². The zero-order valence-corrected chi connectivity index (χ0v) is 21.4. The molecule has 1 amide bonds. The molecule has 1 N–H and O–H groups in total. The van der Waals surface area contributed by atoms with Crippen molar-refractivity contribution in [2.24, 2.45) is 0 Å². The first-order chi connectivity index (χ1) is 17.4. The van der Waals surface area contributed by atoms with Gasteiger partial charge in [-0.25, -0.2) is 4.79 Å². The average molecular weight is 508 g/mol. The molecule has 0 radical (unpaired) electrons. The number of benzene rings is 1. The molecule has 0 fully saturated rings. The maximum Gasteiger partial charge on any atom is 0.407 e. The summed E-state index contributed by atoms with van der Waals surface area (Å²) in [6.45, 7) is 4.04. The largest absolute Gasteiger partial charge is 0.497 e. The van der Waals surface area contributed by atoms with E-state index in [4.69, 9.17) is 14.0 Å². The summed E-state index contributed by atoms with van der Waals surface area (Å²) < 4.78 is 16.0. The minimum atomic E-state index is -0.517. The molecule has 0 saturated carbocycles. The lowest BCUT2D eigenvalue weighted by Crippen LogP contribution is -2.31. The van der Waals surface area contributed by atoms with Crippen LogP contribution in [0, 0.1) is 18.3 Å². The van der Waals surface area contributed by atoms with Crippen molar-refractivity contribution in [3.63, 3.8) is 0 Å². The number of thiophene rings is 1. The smallest absolute Gasteiger partial charge is 0.407 e. The van der Waals surface area contributed by atoms with Gasteiger partial charge in [-0.2, -0.15) is 5.26 Å². The summed E-state index contributed by atoms with van der Waals surface area (Å²) in [5.41, 5.74) is 3.39. The Kier molecular flexibility index (Phi) is 8.06. The van der Waals surface area contributed by atoms with Crippen molar-refractivity contribution in [2.75, 3.05) is 7.11 Å². The molecule has 2 unspecified atom stereocenters. The zero-order valence-electron chi connectivity index (χ0n) is 20.6. The molecule has 1 aliphatic rings. The van der Waals surface area contributed by atoms with E-state index in [9.17, 15) is 14.9 Å². The number of alkyl carbamates (subject to hydrolysis) is 1. The number of nitrogens with one attached hydrogen (secondary N) is 1. The van der Waals surface area contributed by atoms with Gasteiger partial charge in [0.25, 0.3) is 0 Å². The fourth-order valence-electron chi connectivity index (χ4n) is 4.48. The van der Waals surface area contributed by atoms with Crippen molar-refractivity contribution in [3.8, 4) is 11.8 Å². The summed E-state index contributed by atoms with van der Waals surface area (Å²) in [5, 5.41) is 16.3. The molecule has 188 valence electrons. The first-order valence-corrected chi connectivity index (χ1v) is 12.7. The highest BCUT2D eigenvalue weighted by Gasteiger charge is 2.28. The van der Waals surface area contributed by atoms with E-state index in [1.54, 1.807) is 13.2 Å². The van der Waals surface area contributed by atoms with Gasteiger partial charge in [0.15, 0.2) is 5.76 Å². The molecular weight excluding hydrogens is 478 g/mol. The number of hydrogen-bond donors (Lipinski definition) is 1. The predicted octanol–water partition coefficient (Wildman–Crippen LogP) is 5.01. The minimum absolute atomic E-state index is 0.0462. The normalized spacial score (nSPS) is 15.4. The van der Waals surface area contributed by atoms with Gasteiger partial charge in [0.1, 0.15) is 23.7 Å². The number of ether oxygens (including phenoxy) is 2. The molecule has 0 spiro atoms. The average Bonchev–Trinajstić information content (AvgIpc) is 3.44. The van der Waals surface area contributed by atoms with Crippen LogP contribution in [0.15, 0.2) is 34.9 Å². The Balaban J connectivity index is 1.35. The summed E-state index contributed by atoms with van der Waals surface area (Å²) in [4.78, 5) is 27.0. The molecule has 4 rings (SSSR count). The van der Waals surface area contributed by atoms with E-state index >= 15 is 0 Å². The van der Waals surface area contributed by atoms with Gasteiger partial charge in [0.2, 0.25) is 0 Å². The molecule has 8 nitrogen and oxygen atoms in total. The van der Waals surface area contributed by atoms with E-state index in [0.717, 1.165) is 32.3 Å². The lowest BCUT2D eigenvalue weighted by Gasteiger charge is -2.22. The van der Waals surface area contributed by atoms with Crippen LogP contribution in [0.1, 0.15) is 63.6 Å². The Hall–Kier alpha value is -3.64. The Bertz CT molecular complexity index is 1290. The number of amides is 1. The number of hydrogen-bond acceptors (Lipinski definition) is 8. The van der Waals surface area contributed by atoms with E-state index in [0.29, 0.717) is 37.0 Å². The predicted molar refractivity (Wildman–Crippen MR) is 134 cm³/mol. The third kappa shape index (κ3) is 6.13. The SMILES string of the molecule is COc1cccc(C(C)CC(=O)Cc2sc3c(c2C#N)CCC(OC(=O)NCc2cc(C)no2)C3)c1. The second kappa shape index (κ2) is 11.4. The van der Waals surface area contributed by atoms with Crippen LogP contribution in [-0.2, 0) is 35.3 Å². The van der Waals surface area contributed by atoms with Gasteiger partial charge in [-0.05, 0) is 48.9 Å². The number of methoxy groups -OCH3 is 1. The van der Waals surface area contributed by atoms with Crippen LogP contribution >= 0.6 is 11.3 Å². The molecule has 1 aliphatic carbocycles. The summed E-state index contributed by atoms with van der Waals surface area (Å²) in [5.74, 6) is 1.46. The molecular formula is C27H29N3O5S. The van der Waals surface area contributed by atoms with E-state index in [2.05, 4.69) is 16.5 Å². The zero-order chi connectivity index (χ0) is 25.7. The fraction of sp³-hybridized carbons (Fsp3) is 0.407. The third-order valence-electron chi connectivity index (χ3n) is 6.32. The highest BCUT2D eigenvalue weighted by Crippen LogP contribution is 2.36. The van der Waals surface area contributed by atoms with Gasteiger partial charge in [-0.3, -0.25) is 4.79 Å². The summed E-state index contributed by atoms with van der Waals surface area (Å²) >= 11 is 1.49.